The molecule has 0 spiro atoms. The largest absolute Gasteiger partial charge is 0.481 e. The van der Waals surface area contributed by atoms with Crippen molar-refractivity contribution < 1.29 is 19.8 Å². The van der Waals surface area contributed by atoms with Gasteiger partial charge in [0.2, 0.25) is 0 Å². The van der Waals surface area contributed by atoms with E-state index in [0.717, 1.165) is 0 Å². The molecule has 0 rings (SSSR count). The second-order valence-electron chi connectivity index (χ2n) is 1.64. The van der Waals surface area contributed by atoms with Crippen molar-refractivity contribution in [1.82, 2.24) is 12.3 Å². The van der Waals surface area contributed by atoms with Crippen molar-refractivity contribution in [2.24, 2.45) is 0 Å². The quantitative estimate of drug-likeness (QED) is 0.482. The van der Waals surface area contributed by atoms with Gasteiger partial charge in [-0.05, 0) is 6.42 Å². The molecule has 6 heteroatoms. The summed E-state index contributed by atoms with van der Waals surface area (Å²) in [6, 6.07) is 0. The normalized spacial score (nSPS) is 7.27. The predicted molar refractivity (Wildman–Crippen MR) is 39.2 cm³/mol. The van der Waals surface area contributed by atoms with Crippen molar-refractivity contribution in [1.29, 1.82) is 0 Å². The van der Waals surface area contributed by atoms with Crippen LogP contribution in [0.4, 0.5) is 0 Å². The Kier molecular flexibility index (Phi) is 13.2. The average molecular weight is 166 g/mol. The van der Waals surface area contributed by atoms with Gasteiger partial charge in [-0.1, -0.05) is 0 Å². The molecule has 0 heterocycles. The maximum absolute atomic E-state index is 9.79. The fourth-order valence-corrected chi connectivity index (χ4v) is 0.391. The zero-order valence-corrected chi connectivity index (χ0v) is 6.25. The molecule has 6 nitrogen and oxygen atoms in total. The monoisotopic (exact) mass is 166 g/mol. The first-order valence-corrected chi connectivity index (χ1v) is 2.56. The SMILES string of the molecule is N.N.O=C(O)CCCC(=O)O. The van der Waals surface area contributed by atoms with Crippen LogP contribution >= 0.6 is 0 Å². The predicted octanol–water partition coefficient (Wildman–Crippen LogP) is 0.650. The third kappa shape index (κ3) is 17.7. The molecule has 0 saturated heterocycles. The van der Waals surface area contributed by atoms with Crippen LogP contribution in [0.1, 0.15) is 19.3 Å². The van der Waals surface area contributed by atoms with Crippen LogP contribution in [0.2, 0.25) is 0 Å². The van der Waals surface area contributed by atoms with Crippen LogP contribution < -0.4 is 12.3 Å². The van der Waals surface area contributed by atoms with Gasteiger partial charge in [0, 0.05) is 12.8 Å². The Labute approximate surface area is 64.4 Å². The van der Waals surface area contributed by atoms with E-state index in [9.17, 15) is 9.59 Å². The highest BCUT2D eigenvalue weighted by Gasteiger charge is 1.99. The van der Waals surface area contributed by atoms with Gasteiger partial charge in [-0.15, -0.1) is 0 Å². The summed E-state index contributed by atoms with van der Waals surface area (Å²) in [5, 5.41) is 16.1. The summed E-state index contributed by atoms with van der Waals surface area (Å²) in [5.74, 6) is -1.90. The van der Waals surface area contributed by atoms with Gasteiger partial charge < -0.3 is 22.5 Å². The zero-order chi connectivity index (χ0) is 7.28. The van der Waals surface area contributed by atoms with Crippen molar-refractivity contribution in [3.63, 3.8) is 0 Å². The van der Waals surface area contributed by atoms with E-state index in [4.69, 9.17) is 10.2 Å². The number of carbonyl (C=O) groups is 2. The lowest BCUT2D eigenvalue weighted by atomic mass is 10.2. The van der Waals surface area contributed by atoms with E-state index in [1.165, 1.54) is 0 Å². The Morgan fingerprint density at radius 3 is 1.36 bits per heavy atom. The van der Waals surface area contributed by atoms with Crippen LogP contribution in [-0.2, 0) is 9.59 Å². The molecular weight excluding hydrogens is 152 g/mol. The lowest BCUT2D eigenvalue weighted by molar-refractivity contribution is -0.138. The summed E-state index contributed by atoms with van der Waals surface area (Å²) < 4.78 is 0. The van der Waals surface area contributed by atoms with E-state index in [0.29, 0.717) is 0 Å². The molecule has 0 bridgehead atoms. The van der Waals surface area contributed by atoms with Gasteiger partial charge in [0.25, 0.3) is 0 Å². The maximum atomic E-state index is 9.79. The van der Waals surface area contributed by atoms with Crippen LogP contribution in [0.5, 0.6) is 0 Å². The highest BCUT2D eigenvalue weighted by molar-refractivity contribution is 5.69. The summed E-state index contributed by atoms with van der Waals surface area (Å²) in [7, 11) is 0. The molecule has 0 aliphatic rings. The number of hydrogen-bond donors (Lipinski definition) is 4. The standard InChI is InChI=1S/C5H8O4.2H3N/c6-4(7)2-1-3-5(8)9;;/h1-3H2,(H,6,7)(H,8,9);2*1H3. The molecule has 0 aliphatic carbocycles. The molecule has 0 radical (unpaired) electrons. The summed E-state index contributed by atoms with van der Waals surface area (Å²) in [6.07, 6.45) is 0.0866. The number of hydrogen-bond acceptors (Lipinski definition) is 4. The van der Waals surface area contributed by atoms with Crippen LogP contribution in [0, 0.1) is 0 Å². The molecule has 0 fully saturated rings. The van der Waals surface area contributed by atoms with E-state index >= 15 is 0 Å². The Balaban J connectivity index is -0.000000320. The fourth-order valence-electron chi connectivity index (χ4n) is 0.391. The van der Waals surface area contributed by atoms with E-state index in [-0.39, 0.29) is 31.6 Å². The van der Waals surface area contributed by atoms with Gasteiger partial charge in [-0.2, -0.15) is 0 Å². The summed E-state index contributed by atoms with van der Waals surface area (Å²) >= 11 is 0. The summed E-state index contributed by atoms with van der Waals surface area (Å²) in [5.41, 5.74) is 0. The first kappa shape index (κ1) is 16.4. The molecule has 0 unspecified atom stereocenters. The number of carboxylic acid groups (broad SMARTS) is 2. The van der Waals surface area contributed by atoms with Gasteiger partial charge >= 0.3 is 11.9 Å². The molecule has 0 aromatic heterocycles. The lowest BCUT2D eigenvalue weighted by Gasteiger charge is -1.89. The highest BCUT2D eigenvalue weighted by Crippen LogP contribution is 1.93. The van der Waals surface area contributed by atoms with Crippen LogP contribution in [0.25, 0.3) is 0 Å². The van der Waals surface area contributed by atoms with Gasteiger partial charge in [0.1, 0.15) is 0 Å². The molecule has 11 heavy (non-hydrogen) atoms. The minimum absolute atomic E-state index is 0. The molecule has 0 aliphatic heterocycles. The number of aliphatic carboxylic acids is 2. The lowest BCUT2D eigenvalue weighted by Crippen LogP contribution is -1.98. The van der Waals surface area contributed by atoms with E-state index < -0.39 is 11.9 Å². The Morgan fingerprint density at radius 2 is 1.18 bits per heavy atom. The van der Waals surface area contributed by atoms with Crippen molar-refractivity contribution in [3.05, 3.63) is 0 Å². The zero-order valence-electron chi connectivity index (χ0n) is 6.25. The van der Waals surface area contributed by atoms with Gasteiger partial charge in [-0.25, -0.2) is 0 Å². The van der Waals surface area contributed by atoms with Crippen molar-refractivity contribution in [2.75, 3.05) is 0 Å². The molecule has 8 N–H and O–H groups in total. The van der Waals surface area contributed by atoms with Gasteiger partial charge in [-0.3, -0.25) is 9.59 Å². The minimum Gasteiger partial charge on any atom is -0.481 e. The van der Waals surface area contributed by atoms with Gasteiger partial charge in [0.05, 0.1) is 0 Å². The van der Waals surface area contributed by atoms with Crippen LogP contribution in [0.3, 0.4) is 0 Å². The second kappa shape index (κ2) is 8.86. The van der Waals surface area contributed by atoms with Crippen LogP contribution in [-0.4, -0.2) is 22.2 Å². The number of rotatable bonds is 4. The van der Waals surface area contributed by atoms with Crippen LogP contribution in [0.15, 0.2) is 0 Å². The van der Waals surface area contributed by atoms with Gasteiger partial charge in [0.15, 0.2) is 0 Å². The molecular formula is C5H14N2O4. The first-order valence-electron chi connectivity index (χ1n) is 2.56. The second-order valence-corrected chi connectivity index (χ2v) is 1.64. The molecule has 0 aromatic carbocycles. The third-order valence-electron chi connectivity index (χ3n) is 0.781. The molecule has 0 aromatic rings. The summed E-state index contributed by atoms with van der Waals surface area (Å²) in [4.78, 5) is 19.6. The molecule has 0 atom stereocenters. The highest BCUT2D eigenvalue weighted by atomic mass is 16.4. The van der Waals surface area contributed by atoms with E-state index in [1.807, 2.05) is 0 Å². The van der Waals surface area contributed by atoms with Crippen molar-refractivity contribution in [3.8, 4) is 0 Å². The van der Waals surface area contributed by atoms with Crippen molar-refractivity contribution >= 4 is 11.9 Å². The van der Waals surface area contributed by atoms with E-state index in [1.54, 1.807) is 0 Å². The molecule has 68 valence electrons. The van der Waals surface area contributed by atoms with E-state index in [2.05, 4.69) is 0 Å². The first-order chi connectivity index (χ1) is 4.13. The Morgan fingerprint density at radius 1 is 0.909 bits per heavy atom. The average Bonchev–Trinajstić information content (AvgIpc) is 1.63. The number of carboxylic acids is 2. The molecule has 0 amide bonds. The third-order valence-corrected chi connectivity index (χ3v) is 0.781. The van der Waals surface area contributed by atoms with Crippen molar-refractivity contribution in [2.45, 2.75) is 19.3 Å². The topological polar surface area (TPSA) is 145 Å². The Hall–Kier alpha value is -1.14. The molecule has 0 saturated carbocycles. The Bertz CT molecular complexity index is 112. The smallest absolute Gasteiger partial charge is 0.303 e. The minimum atomic E-state index is -0.948. The maximum Gasteiger partial charge on any atom is 0.303 e. The summed E-state index contributed by atoms with van der Waals surface area (Å²) in [6.45, 7) is 0. The fraction of sp³-hybridized carbons (Fsp3) is 0.600.